The first kappa shape index (κ1) is 10.0. The molecule has 2 rings (SSSR count). The minimum Gasteiger partial charge on any atom is -0.330 e. The molecular formula is C12H16ClN. The normalized spacial score (nSPS) is 25.9. The van der Waals surface area contributed by atoms with E-state index < -0.39 is 0 Å². The average molecular weight is 210 g/mol. The van der Waals surface area contributed by atoms with Crippen LogP contribution < -0.4 is 5.73 Å². The van der Waals surface area contributed by atoms with Crippen LogP contribution in [0.3, 0.4) is 0 Å². The van der Waals surface area contributed by atoms with Gasteiger partial charge in [0.15, 0.2) is 0 Å². The Hall–Kier alpha value is -0.530. The number of hydrogen-bond acceptors (Lipinski definition) is 1. The van der Waals surface area contributed by atoms with E-state index in [0.717, 1.165) is 17.9 Å². The molecule has 0 bridgehead atoms. The molecule has 0 fully saturated rings. The lowest BCUT2D eigenvalue weighted by molar-refractivity contribution is 0.404. The van der Waals surface area contributed by atoms with E-state index in [4.69, 9.17) is 17.3 Å². The first-order valence-corrected chi connectivity index (χ1v) is 5.53. The molecule has 1 aromatic carbocycles. The summed E-state index contributed by atoms with van der Waals surface area (Å²) in [6.45, 7) is 2.90. The molecule has 76 valence electrons. The summed E-state index contributed by atoms with van der Waals surface area (Å²) in [6, 6.07) is 6.18. The summed E-state index contributed by atoms with van der Waals surface area (Å²) in [5.74, 6) is 0. The Morgan fingerprint density at radius 3 is 3.00 bits per heavy atom. The molecule has 0 amide bonds. The SMILES string of the molecule is CC1(CN)CCCc2cccc(Cl)c21. The van der Waals surface area contributed by atoms with Crippen molar-refractivity contribution in [2.24, 2.45) is 5.73 Å². The number of rotatable bonds is 1. The highest BCUT2D eigenvalue weighted by molar-refractivity contribution is 6.31. The van der Waals surface area contributed by atoms with E-state index in [9.17, 15) is 0 Å². The molecule has 0 aromatic heterocycles. The molecule has 0 saturated heterocycles. The fourth-order valence-electron chi connectivity index (χ4n) is 2.45. The van der Waals surface area contributed by atoms with Crippen molar-refractivity contribution >= 4 is 11.6 Å². The fourth-order valence-corrected chi connectivity index (χ4v) is 2.87. The molecule has 1 aliphatic carbocycles. The Kier molecular flexibility index (Phi) is 2.54. The summed E-state index contributed by atoms with van der Waals surface area (Å²) < 4.78 is 0. The van der Waals surface area contributed by atoms with Gasteiger partial charge in [0.2, 0.25) is 0 Å². The van der Waals surface area contributed by atoms with Crippen molar-refractivity contribution in [2.45, 2.75) is 31.6 Å². The van der Waals surface area contributed by atoms with Crippen LogP contribution in [-0.4, -0.2) is 6.54 Å². The summed E-state index contributed by atoms with van der Waals surface area (Å²) in [6.07, 6.45) is 3.52. The zero-order chi connectivity index (χ0) is 10.2. The van der Waals surface area contributed by atoms with Crippen molar-refractivity contribution in [1.82, 2.24) is 0 Å². The second-order valence-corrected chi connectivity index (χ2v) is 4.80. The van der Waals surface area contributed by atoms with Crippen LogP contribution in [0.5, 0.6) is 0 Å². The molecule has 0 radical (unpaired) electrons. The van der Waals surface area contributed by atoms with Crippen molar-refractivity contribution in [3.63, 3.8) is 0 Å². The number of benzene rings is 1. The van der Waals surface area contributed by atoms with E-state index >= 15 is 0 Å². The van der Waals surface area contributed by atoms with Gasteiger partial charge in [0.05, 0.1) is 0 Å². The topological polar surface area (TPSA) is 26.0 Å². The van der Waals surface area contributed by atoms with Crippen molar-refractivity contribution in [2.75, 3.05) is 6.54 Å². The van der Waals surface area contributed by atoms with Gasteiger partial charge in [-0.1, -0.05) is 30.7 Å². The first-order chi connectivity index (χ1) is 6.67. The van der Waals surface area contributed by atoms with Gasteiger partial charge in [0.25, 0.3) is 0 Å². The zero-order valence-corrected chi connectivity index (χ0v) is 9.27. The molecule has 1 aliphatic rings. The van der Waals surface area contributed by atoms with E-state index in [-0.39, 0.29) is 5.41 Å². The lowest BCUT2D eigenvalue weighted by Gasteiger charge is -2.35. The Morgan fingerprint density at radius 1 is 1.50 bits per heavy atom. The summed E-state index contributed by atoms with van der Waals surface area (Å²) in [7, 11) is 0. The largest absolute Gasteiger partial charge is 0.330 e. The van der Waals surface area contributed by atoms with Crippen molar-refractivity contribution < 1.29 is 0 Å². The van der Waals surface area contributed by atoms with E-state index in [1.54, 1.807) is 0 Å². The number of fused-ring (bicyclic) bond motifs is 1. The van der Waals surface area contributed by atoms with Gasteiger partial charge in [0, 0.05) is 17.0 Å². The number of halogens is 1. The molecule has 0 heterocycles. The van der Waals surface area contributed by atoms with Gasteiger partial charge < -0.3 is 5.73 Å². The molecular weight excluding hydrogens is 194 g/mol. The maximum absolute atomic E-state index is 6.25. The zero-order valence-electron chi connectivity index (χ0n) is 8.52. The third kappa shape index (κ3) is 1.45. The highest BCUT2D eigenvalue weighted by Gasteiger charge is 2.32. The molecule has 0 spiro atoms. The number of aryl methyl sites for hydroxylation is 1. The molecule has 14 heavy (non-hydrogen) atoms. The standard InChI is InChI=1S/C12H16ClN/c1-12(8-14)7-3-5-9-4-2-6-10(13)11(9)12/h2,4,6H,3,5,7-8,14H2,1H3. The number of hydrogen-bond donors (Lipinski definition) is 1. The molecule has 1 aromatic rings. The second kappa shape index (κ2) is 3.56. The van der Waals surface area contributed by atoms with Gasteiger partial charge in [-0.3, -0.25) is 0 Å². The van der Waals surface area contributed by atoms with Crippen LogP contribution in [0.25, 0.3) is 0 Å². The van der Waals surface area contributed by atoms with Gasteiger partial charge in [-0.05, 0) is 36.5 Å². The highest BCUT2D eigenvalue weighted by atomic mass is 35.5. The van der Waals surface area contributed by atoms with Crippen LogP contribution in [0, 0.1) is 0 Å². The lowest BCUT2D eigenvalue weighted by Crippen LogP contribution is -2.35. The highest BCUT2D eigenvalue weighted by Crippen LogP contribution is 2.40. The van der Waals surface area contributed by atoms with Crippen molar-refractivity contribution in [1.29, 1.82) is 0 Å². The van der Waals surface area contributed by atoms with Gasteiger partial charge in [-0.15, -0.1) is 0 Å². The maximum Gasteiger partial charge on any atom is 0.0446 e. The van der Waals surface area contributed by atoms with Gasteiger partial charge in [-0.25, -0.2) is 0 Å². The molecule has 1 atom stereocenters. The van der Waals surface area contributed by atoms with Crippen LogP contribution in [0.2, 0.25) is 5.02 Å². The van der Waals surface area contributed by atoms with Gasteiger partial charge in [0.1, 0.15) is 0 Å². The summed E-state index contributed by atoms with van der Waals surface area (Å²) in [5.41, 5.74) is 8.63. The molecule has 2 N–H and O–H groups in total. The molecule has 2 heteroatoms. The van der Waals surface area contributed by atoms with E-state index in [1.165, 1.54) is 17.5 Å². The molecule has 1 nitrogen and oxygen atoms in total. The summed E-state index contributed by atoms with van der Waals surface area (Å²) >= 11 is 6.25. The van der Waals surface area contributed by atoms with Gasteiger partial charge >= 0.3 is 0 Å². The summed E-state index contributed by atoms with van der Waals surface area (Å²) in [5, 5.41) is 0.884. The van der Waals surface area contributed by atoms with Crippen LogP contribution in [0.4, 0.5) is 0 Å². The van der Waals surface area contributed by atoms with Crippen molar-refractivity contribution in [3.8, 4) is 0 Å². The van der Waals surface area contributed by atoms with Crippen LogP contribution >= 0.6 is 11.6 Å². The quantitative estimate of drug-likeness (QED) is 0.757. The van der Waals surface area contributed by atoms with E-state index in [2.05, 4.69) is 13.0 Å². The monoisotopic (exact) mass is 209 g/mol. The average Bonchev–Trinajstić information content (AvgIpc) is 2.18. The Morgan fingerprint density at radius 2 is 2.29 bits per heavy atom. The summed E-state index contributed by atoms with van der Waals surface area (Å²) in [4.78, 5) is 0. The Bertz CT molecular complexity index is 348. The van der Waals surface area contributed by atoms with Crippen LogP contribution in [0.1, 0.15) is 30.9 Å². The van der Waals surface area contributed by atoms with E-state index in [0.29, 0.717) is 6.54 Å². The molecule has 0 aliphatic heterocycles. The number of nitrogens with two attached hydrogens (primary N) is 1. The van der Waals surface area contributed by atoms with E-state index in [1.807, 2.05) is 12.1 Å². The lowest BCUT2D eigenvalue weighted by atomic mass is 9.71. The van der Waals surface area contributed by atoms with Crippen molar-refractivity contribution in [3.05, 3.63) is 34.3 Å². The van der Waals surface area contributed by atoms with Crippen LogP contribution in [-0.2, 0) is 11.8 Å². The third-order valence-electron chi connectivity index (χ3n) is 3.33. The molecule has 1 unspecified atom stereocenters. The maximum atomic E-state index is 6.25. The second-order valence-electron chi connectivity index (χ2n) is 4.39. The fraction of sp³-hybridized carbons (Fsp3) is 0.500. The predicted octanol–water partition coefficient (Wildman–Crippen LogP) is 2.89. The van der Waals surface area contributed by atoms with Gasteiger partial charge in [-0.2, -0.15) is 0 Å². The minimum atomic E-state index is 0.0892. The smallest absolute Gasteiger partial charge is 0.0446 e. The molecule has 0 saturated carbocycles. The predicted molar refractivity (Wildman–Crippen MR) is 60.8 cm³/mol. The Labute approximate surface area is 90.3 Å². The minimum absolute atomic E-state index is 0.0892. The van der Waals surface area contributed by atoms with Crippen LogP contribution in [0.15, 0.2) is 18.2 Å². The third-order valence-corrected chi connectivity index (χ3v) is 3.64. The Balaban J connectivity index is 2.58. The first-order valence-electron chi connectivity index (χ1n) is 5.15.